The third kappa shape index (κ3) is 6.56. The van der Waals surface area contributed by atoms with Crippen molar-refractivity contribution < 1.29 is 19.4 Å². The maximum Gasteiger partial charge on any atom is 0.306 e. The SMILES string of the molecule is CCCCCC(C(CC(C)C(=O)O)c1cccc2ccccc12)P(=O)(O)Cc1ccccc1. The molecule has 0 aliphatic rings. The first kappa shape index (κ1) is 25.2. The van der Waals surface area contributed by atoms with E-state index in [0.29, 0.717) is 12.8 Å². The normalized spacial score (nSPS) is 16.1. The van der Waals surface area contributed by atoms with Crippen molar-refractivity contribution in [3.05, 3.63) is 83.9 Å². The van der Waals surface area contributed by atoms with Crippen LogP contribution in [0, 0.1) is 5.92 Å². The van der Waals surface area contributed by atoms with E-state index in [9.17, 15) is 19.4 Å². The van der Waals surface area contributed by atoms with Crippen LogP contribution in [0.4, 0.5) is 0 Å². The molecule has 0 spiro atoms. The van der Waals surface area contributed by atoms with E-state index in [1.807, 2.05) is 72.8 Å². The summed E-state index contributed by atoms with van der Waals surface area (Å²) in [4.78, 5) is 23.3. The Morgan fingerprint density at radius 2 is 1.61 bits per heavy atom. The van der Waals surface area contributed by atoms with Gasteiger partial charge in [0.25, 0.3) is 0 Å². The second-order valence-electron chi connectivity index (χ2n) is 9.11. The van der Waals surface area contributed by atoms with Gasteiger partial charge in [0.2, 0.25) is 7.37 Å². The van der Waals surface area contributed by atoms with Gasteiger partial charge in [0.15, 0.2) is 0 Å². The van der Waals surface area contributed by atoms with Gasteiger partial charge in [0.1, 0.15) is 0 Å². The summed E-state index contributed by atoms with van der Waals surface area (Å²) in [5.41, 5.74) is 1.31. The van der Waals surface area contributed by atoms with Gasteiger partial charge in [-0.25, -0.2) is 0 Å². The molecule has 0 aliphatic heterocycles. The summed E-state index contributed by atoms with van der Waals surface area (Å²) < 4.78 is 14.0. The van der Waals surface area contributed by atoms with Crippen molar-refractivity contribution in [2.75, 3.05) is 0 Å². The summed E-state index contributed by atoms with van der Waals surface area (Å²) in [5, 5.41) is 11.8. The maximum absolute atomic E-state index is 14.0. The first-order valence-corrected chi connectivity index (χ1v) is 13.8. The fourth-order valence-electron chi connectivity index (χ4n) is 4.80. The van der Waals surface area contributed by atoms with E-state index in [4.69, 9.17) is 0 Å². The molecule has 4 unspecified atom stereocenters. The van der Waals surface area contributed by atoms with Crippen molar-refractivity contribution in [3.63, 3.8) is 0 Å². The Morgan fingerprint density at radius 3 is 2.30 bits per heavy atom. The molecule has 0 heterocycles. The van der Waals surface area contributed by atoms with Crippen molar-refractivity contribution >= 4 is 24.1 Å². The molecule has 0 saturated carbocycles. The lowest BCUT2D eigenvalue weighted by atomic mass is 9.83. The van der Waals surface area contributed by atoms with Gasteiger partial charge in [-0.2, -0.15) is 0 Å². The topological polar surface area (TPSA) is 74.6 Å². The average Bonchev–Trinajstić information content (AvgIpc) is 2.80. The molecule has 4 nitrogen and oxygen atoms in total. The predicted octanol–water partition coefficient (Wildman–Crippen LogP) is 7.45. The number of carbonyl (C=O) groups is 1. The number of aliphatic carboxylic acids is 1. The van der Waals surface area contributed by atoms with Crippen LogP contribution in [0.5, 0.6) is 0 Å². The molecular formula is C28H35O4P. The number of benzene rings is 3. The van der Waals surface area contributed by atoms with Crippen LogP contribution in [0.25, 0.3) is 10.8 Å². The highest BCUT2D eigenvalue weighted by atomic mass is 31.2. The number of hydrogen-bond donors (Lipinski definition) is 2. The fraction of sp³-hybridized carbons (Fsp3) is 0.393. The van der Waals surface area contributed by atoms with E-state index in [2.05, 4.69) is 6.92 Å². The molecule has 0 bridgehead atoms. The standard InChI is InChI=1S/C28H35O4P/c1-3-4-6-18-27(33(31,32)20-22-12-7-5-8-13-22)26(19-21(2)28(29)30)25-17-11-15-23-14-9-10-16-24(23)25/h5,7-17,21,26-27H,3-4,6,18-20H2,1-2H3,(H,29,30)(H,31,32). The van der Waals surface area contributed by atoms with Crippen molar-refractivity contribution in [3.8, 4) is 0 Å². The molecule has 5 heteroatoms. The molecule has 3 rings (SSSR count). The van der Waals surface area contributed by atoms with Crippen molar-refractivity contribution in [2.24, 2.45) is 5.92 Å². The zero-order valence-corrected chi connectivity index (χ0v) is 20.5. The zero-order valence-electron chi connectivity index (χ0n) is 19.6. The Labute approximate surface area is 197 Å². The summed E-state index contributed by atoms with van der Waals surface area (Å²) in [6.45, 7) is 3.81. The molecule has 0 amide bonds. The highest BCUT2D eigenvalue weighted by Crippen LogP contribution is 2.58. The quantitative estimate of drug-likeness (QED) is 0.215. The lowest BCUT2D eigenvalue weighted by Gasteiger charge is -2.33. The Kier molecular flexibility index (Phi) is 8.88. The van der Waals surface area contributed by atoms with E-state index in [0.717, 1.165) is 41.2 Å². The Bertz CT molecular complexity index is 1090. The molecule has 176 valence electrons. The van der Waals surface area contributed by atoms with Crippen LogP contribution in [0.15, 0.2) is 72.8 Å². The van der Waals surface area contributed by atoms with E-state index < -0.39 is 24.9 Å². The minimum atomic E-state index is -3.64. The zero-order chi connectivity index (χ0) is 23.8. The van der Waals surface area contributed by atoms with Crippen LogP contribution in [-0.4, -0.2) is 21.6 Å². The minimum Gasteiger partial charge on any atom is -0.481 e. The van der Waals surface area contributed by atoms with Gasteiger partial charge in [0.05, 0.1) is 5.92 Å². The highest BCUT2D eigenvalue weighted by molar-refractivity contribution is 7.58. The fourth-order valence-corrected chi connectivity index (χ4v) is 7.20. The van der Waals surface area contributed by atoms with Gasteiger partial charge >= 0.3 is 5.97 Å². The number of unbranched alkanes of at least 4 members (excludes halogenated alkanes) is 2. The maximum atomic E-state index is 14.0. The number of fused-ring (bicyclic) bond motifs is 1. The second-order valence-corrected chi connectivity index (χ2v) is 11.6. The molecule has 4 atom stereocenters. The number of carboxylic acids is 1. The Hall–Kier alpha value is -2.42. The molecule has 0 fully saturated rings. The summed E-state index contributed by atoms with van der Waals surface area (Å²) in [5.74, 6) is -1.80. The highest BCUT2D eigenvalue weighted by Gasteiger charge is 2.39. The van der Waals surface area contributed by atoms with E-state index in [-0.39, 0.29) is 12.1 Å². The van der Waals surface area contributed by atoms with Gasteiger partial charge < -0.3 is 10.00 Å². The van der Waals surface area contributed by atoms with Gasteiger partial charge in [-0.05, 0) is 40.7 Å². The molecule has 0 saturated heterocycles. The van der Waals surface area contributed by atoms with Crippen LogP contribution in [0.3, 0.4) is 0 Å². The molecule has 3 aromatic rings. The Balaban J connectivity index is 2.10. The van der Waals surface area contributed by atoms with Crippen LogP contribution < -0.4 is 0 Å². The third-order valence-corrected chi connectivity index (χ3v) is 9.06. The number of carboxylic acid groups (broad SMARTS) is 1. The third-order valence-electron chi connectivity index (χ3n) is 6.59. The molecule has 3 aromatic carbocycles. The minimum absolute atomic E-state index is 0.105. The summed E-state index contributed by atoms with van der Waals surface area (Å²) >= 11 is 0. The molecule has 33 heavy (non-hydrogen) atoms. The van der Waals surface area contributed by atoms with E-state index in [1.54, 1.807) is 6.92 Å². The second kappa shape index (κ2) is 11.6. The molecule has 2 N–H and O–H groups in total. The van der Waals surface area contributed by atoms with Crippen LogP contribution in [0.1, 0.15) is 63.0 Å². The molecule has 0 aliphatic carbocycles. The smallest absolute Gasteiger partial charge is 0.306 e. The number of hydrogen-bond acceptors (Lipinski definition) is 2. The largest absolute Gasteiger partial charge is 0.481 e. The van der Waals surface area contributed by atoms with Crippen LogP contribution in [0.2, 0.25) is 0 Å². The molecule has 0 radical (unpaired) electrons. The monoisotopic (exact) mass is 466 g/mol. The van der Waals surface area contributed by atoms with Crippen molar-refractivity contribution in [2.45, 2.75) is 63.7 Å². The lowest BCUT2D eigenvalue weighted by molar-refractivity contribution is -0.141. The molecular weight excluding hydrogens is 431 g/mol. The van der Waals surface area contributed by atoms with Gasteiger partial charge in [-0.3, -0.25) is 9.36 Å². The van der Waals surface area contributed by atoms with Crippen molar-refractivity contribution in [1.29, 1.82) is 0 Å². The Morgan fingerprint density at radius 1 is 0.939 bits per heavy atom. The van der Waals surface area contributed by atoms with Crippen LogP contribution >= 0.6 is 7.37 Å². The van der Waals surface area contributed by atoms with Crippen LogP contribution in [-0.2, 0) is 15.5 Å². The van der Waals surface area contributed by atoms with Gasteiger partial charge in [-0.1, -0.05) is 106 Å². The first-order valence-electron chi connectivity index (χ1n) is 11.9. The van der Waals surface area contributed by atoms with Crippen molar-refractivity contribution in [1.82, 2.24) is 0 Å². The molecule has 0 aromatic heterocycles. The number of rotatable bonds is 12. The van der Waals surface area contributed by atoms with E-state index >= 15 is 0 Å². The average molecular weight is 467 g/mol. The predicted molar refractivity (Wildman–Crippen MR) is 136 cm³/mol. The van der Waals surface area contributed by atoms with E-state index in [1.165, 1.54) is 0 Å². The van der Waals surface area contributed by atoms with Gasteiger partial charge in [0, 0.05) is 11.8 Å². The summed E-state index contributed by atoms with van der Waals surface area (Å²) in [7, 11) is -3.64. The lowest BCUT2D eigenvalue weighted by Crippen LogP contribution is -2.25. The summed E-state index contributed by atoms with van der Waals surface area (Å²) in [6.07, 6.45) is 3.90. The van der Waals surface area contributed by atoms with Gasteiger partial charge in [-0.15, -0.1) is 0 Å². The first-order chi connectivity index (χ1) is 15.8. The summed E-state index contributed by atoms with van der Waals surface area (Å²) in [6, 6.07) is 23.5.